The van der Waals surface area contributed by atoms with E-state index < -0.39 is 6.67 Å². The maximum Gasteiger partial charge on any atom is 0.225 e. The fraction of sp³-hybridized carbons (Fsp3) is 0.692. The van der Waals surface area contributed by atoms with Crippen LogP contribution in [0.4, 0.5) is 4.39 Å². The third kappa shape index (κ3) is 3.12. The molecule has 1 aliphatic rings. The summed E-state index contributed by atoms with van der Waals surface area (Å²) in [6.45, 7) is 0.0366. The molecule has 2 rings (SSSR count). The Labute approximate surface area is 112 Å². The van der Waals surface area contributed by atoms with Crippen molar-refractivity contribution in [1.29, 1.82) is 0 Å². The molecular weight excluding hydrogens is 249 g/mol. The van der Waals surface area contributed by atoms with Gasteiger partial charge in [0, 0.05) is 26.9 Å². The van der Waals surface area contributed by atoms with Crippen LogP contribution in [0.25, 0.3) is 0 Å². The Morgan fingerprint density at radius 1 is 1.63 bits per heavy atom. The maximum absolute atomic E-state index is 12.3. The topological polar surface area (TPSA) is 47.4 Å². The number of likely N-dealkylation sites (tertiary alicyclic amines) is 1. The Kier molecular flexibility index (Phi) is 4.52. The number of halogens is 1. The Morgan fingerprint density at radius 2 is 2.42 bits per heavy atom. The number of carbonyl (C=O) groups is 1. The van der Waals surface area contributed by atoms with Crippen LogP contribution < -0.4 is 0 Å². The second-order valence-electron chi connectivity index (χ2n) is 4.88. The van der Waals surface area contributed by atoms with Crippen LogP contribution in [0.15, 0.2) is 12.4 Å². The summed E-state index contributed by atoms with van der Waals surface area (Å²) in [4.78, 5) is 13.7. The molecule has 6 heteroatoms. The molecule has 1 amide bonds. The Bertz CT molecular complexity index is 435. The first-order valence-electron chi connectivity index (χ1n) is 6.51. The SMILES string of the molecule is CO[C@H]1CCN(C(=O)CCF)[C@H]1Cc1cnn(C)c1. The number of ether oxygens (including phenoxy) is 1. The molecule has 0 N–H and O–H groups in total. The average Bonchev–Trinajstić information content (AvgIpc) is 2.96. The van der Waals surface area contributed by atoms with Crippen LogP contribution in [-0.2, 0) is 23.0 Å². The minimum atomic E-state index is -0.605. The Balaban J connectivity index is 2.09. The van der Waals surface area contributed by atoms with E-state index in [-0.39, 0.29) is 24.5 Å². The highest BCUT2D eigenvalue weighted by molar-refractivity contribution is 5.77. The zero-order valence-electron chi connectivity index (χ0n) is 11.4. The Morgan fingerprint density at radius 3 is 3.00 bits per heavy atom. The lowest BCUT2D eigenvalue weighted by molar-refractivity contribution is -0.133. The van der Waals surface area contributed by atoms with Crippen molar-refractivity contribution < 1.29 is 13.9 Å². The first kappa shape index (κ1) is 14.0. The molecule has 5 nitrogen and oxygen atoms in total. The molecule has 2 atom stereocenters. The van der Waals surface area contributed by atoms with E-state index in [0.717, 1.165) is 12.0 Å². The number of methoxy groups -OCH3 is 1. The molecule has 2 heterocycles. The number of nitrogens with zero attached hydrogens (tertiary/aromatic N) is 3. The standard InChI is InChI=1S/C13H20FN3O2/c1-16-9-10(8-15-16)7-11-12(19-2)4-6-17(11)13(18)3-5-14/h8-9,11-12H,3-7H2,1-2H3/t11-,12-/m0/s1. The van der Waals surface area contributed by atoms with Crippen molar-refractivity contribution in [2.45, 2.75) is 31.4 Å². The minimum Gasteiger partial charge on any atom is -0.379 e. The van der Waals surface area contributed by atoms with Crippen molar-refractivity contribution in [3.05, 3.63) is 18.0 Å². The van der Waals surface area contributed by atoms with Gasteiger partial charge in [0.25, 0.3) is 0 Å². The number of amides is 1. The van der Waals surface area contributed by atoms with Gasteiger partial charge in [-0.15, -0.1) is 0 Å². The van der Waals surface area contributed by atoms with Crippen molar-refractivity contribution in [3.63, 3.8) is 0 Å². The predicted molar refractivity (Wildman–Crippen MR) is 68.4 cm³/mol. The molecule has 19 heavy (non-hydrogen) atoms. The van der Waals surface area contributed by atoms with Crippen LogP contribution in [0.5, 0.6) is 0 Å². The summed E-state index contributed by atoms with van der Waals surface area (Å²) in [7, 11) is 3.52. The van der Waals surface area contributed by atoms with Gasteiger partial charge in [0.05, 0.1) is 31.4 Å². The zero-order chi connectivity index (χ0) is 13.8. The molecule has 1 aromatic heterocycles. The molecule has 1 aromatic rings. The van der Waals surface area contributed by atoms with Crippen LogP contribution in [0.3, 0.4) is 0 Å². The lowest BCUT2D eigenvalue weighted by atomic mass is 10.0. The summed E-state index contributed by atoms with van der Waals surface area (Å²) in [5, 5.41) is 4.13. The molecule has 1 fully saturated rings. The second kappa shape index (κ2) is 6.14. The highest BCUT2D eigenvalue weighted by atomic mass is 19.1. The molecular formula is C13H20FN3O2. The normalized spacial score (nSPS) is 23.0. The molecule has 0 aromatic carbocycles. The number of carbonyl (C=O) groups excluding carboxylic acids is 1. The molecule has 0 aliphatic carbocycles. The number of hydrogen-bond donors (Lipinski definition) is 0. The lowest BCUT2D eigenvalue weighted by Gasteiger charge is -2.27. The van der Waals surface area contributed by atoms with Crippen LogP contribution in [0.2, 0.25) is 0 Å². The van der Waals surface area contributed by atoms with E-state index in [1.807, 2.05) is 13.2 Å². The highest BCUT2D eigenvalue weighted by Crippen LogP contribution is 2.24. The van der Waals surface area contributed by atoms with Crippen molar-refractivity contribution in [2.24, 2.45) is 7.05 Å². The van der Waals surface area contributed by atoms with Gasteiger partial charge in [-0.1, -0.05) is 0 Å². The van der Waals surface area contributed by atoms with Gasteiger partial charge in [-0.2, -0.15) is 5.10 Å². The van der Waals surface area contributed by atoms with Crippen molar-refractivity contribution in [3.8, 4) is 0 Å². The molecule has 0 radical (unpaired) electrons. The van der Waals surface area contributed by atoms with E-state index in [2.05, 4.69) is 5.10 Å². The van der Waals surface area contributed by atoms with Gasteiger partial charge in [0.15, 0.2) is 0 Å². The van der Waals surface area contributed by atoms with E-state index in [0.29, 0.717) is 13.0 Å². The number of aromatic nitrogens is 2. The van der Waals surface area contributed by atoms with Gasteiger partial charge in [-0.25, -0.2) is 0 Å². The summed E-state index contributed by atoms with van der Waals surface area (Å²) in [5.74, 6) is -0.129. The molecule has 0 bridgehead atoms. The zero-order valence-corrected chi connectivity index (χ0v) is 11.4. The van der Waals surface area contributed by atoms with Crippen molar-refractivity contribution in [1.82, 2.24) is 14.7 Å². The summed E-state index contributed by atoms with van der Waals surface area (Å²) in [6, 6.07) is -0.0201. The van der Waals surface area contributed by atoms with Crippen LogP contribution in [0.1, 0.15) is 18.4 Å². The molecule has 0 unspecified atom stereocenters. The second-order valence-corrected chi connectivity index (χ2v) is 4.88. The first-order valence-corrected chi connectivity index (χ1v) is 6.51. The number of hydrogen-bond acceptors (Lipinski definition) is 3. The minimum absolute atomic E-state index is 0.0174. The Hall–Kier alpha value is -1.43. The third-order valence-corrected chi connectivity index (χ3v) is 3.62. The fourth-order valence-electron chi connectivity index (χ4n) is 2.69. The van der Waals surface area contributed by atoms with E-state index in [1.165, 1.54) is 0 Å². The predicted octanol–water partition coefficient (Wildman–Crippen LogP) is 0.938. The van der Waals surface area contributed by atoms with Crippen molar-refractivity contribution >= 4 is 5.91 Å². The van der Waals surface area contributed by atoms with Gasteiger partial charge < -0.3 is 9.64 Å². The molecule has 1 aliphatic heterocycles. The summed E-state index contributed by atoms with van der Waals surface area (Å²) in [6.07, 6.45) is 5.21. The lowest BCUT2D eigenvalue weighted by Crippen LogP contribution is -2.41. The van der Waals surface area contributed by atoms with E-state index in [9.17, 15) is 9.18 Å². The molecule has 0 saturated carbocycles. The van der Waals surface area contributed by atoms with E-state index in [4.69, 9.17) is 4.74 Å². The smallest absolute Gasteiger partial charge is 0.225 e. The van der Waals surface area contributed by atoms with Gasteiger partial charge in [0.1, 0.15) is 0 Å². The van der Waals surface area contributed by atoms with Crippen molar-refractivity contribution in [2.75, 3.05) is 20.3 Å². The molecule has 0 spiro atoms. The third-order valence-electron chi connectivity index (χ3n) is 3.62. The van der Waals surface area contributed by atoms with E-state index >= 15 is 0 Å². The number of rotatable bonds is 5. The summed E-state index contributed by atoms with van der Waals surface area (Å²) in [5.41, 5.74) is 1.06. The quantitative estimate of drug-likeness (QED) is 0.799. The van der Waals surface area contributed by atoms with Gasteiger partial charge in [-0.05, 0) is 18.4 Å². The molecule has 1 saturated heterocycles. The summed E-state index contributed by atoms with van der Waals surface area (Å²) < 4.78 is 19.5. The largest absolute Gasteiger partial charge is 0.379 e. The maximum atomic E-state index is 12.3. The van der Waals surface area contributed by atoms with Crippen LogP contribution >= 0.6 is 0 Å². The average molecular weight is 269 g/mol. The summed E-state index contributed by atoms with van der Waals surface area (Å²) >= 11 is 0. The van der Waals surface area contributed by atoms with Gasteiger partial charge in [-0.3, -0.25) is 13.9 Å². The van der Waals surface area contributed by atoms with E-state index in [1.54, 1.807) is 22.9 Å². The highest BCUT2D eigenvalue weighted by Gasteiger charge is 2.36. The number of aryl methyl sites for hydroxylation is 1. The monoisotopic (exact) mass is 269 g/mol. The first-order chi connectivity index (χ1) is 9.15. The number of alkyl halides is 1. The molecule has 106 valence electrons. The van der Waals surface area contributed by atoms with Crippen LogP contribution in [0, 0.1) is 0 Å². The van der Waals surface area contributed by atoms with Crippen LogP contribution in [-0.4, -0.2) is 53.1 Å². The fourth-order valence-corrected chi connectivity index (χ4v) is 2.69. The van der Waals surface area contributed by atoms with Gasteiger partial charge >= 0.3 is 0 Å². The van der Waals surface area contributed by atoms with Gasteiger partial charge in [0.2, 0.25) is 5.91 Å².